The van der Waals surface area contributed by atoms with Crippen molar-refractivity contribution in [2.45, 2.75) is 77.4 Å². The molecule has 11 nitrogen and oxygen atoms in total. The highest BCUT2D eigenvalue weighted by molar-refractivity contribution is 6.74. The number of pyridine rings is 1. The van der Waals surface area contributed by atoms with E-state index >= 15 is 0 Å². The number of hydrogen-bond acceptors (Lipinski definition) is 7. The van der Waals surface area contributed by atoms with Gasteiger partial charge in [-0.05, 0) is 90.0 Å². The predicted molar refractivity (Wildman–Crippen MR) is 213 cm³/mol. The molecule has 0 fully saturated rings. The number of aromatic nitrogens is 4. The number of fused-ring (bicyclic) bond motifs is 2. The van der Waals surface area contributed by atoms with Gasteiger partial charge < -0.3 is 24.9 Å². The van der Waals surface area contributed by atoms with Crippen LogP contribution in [0.15, 0.2) is 95.8 Å². The van der Waals surface area contributed by atoms with Gasteiger partial charge in [-0.25, -0.2) is 9.48 Å². The Morgan fingerprint density at radius 1 is 0.962 bits per heavy atom. The lowest BCUT2D eigenvalue weighted by Crippen LogP contribution is -2.43. The van der Waals surface area contributed by atoms with Gasteiger partial charge in [0.15, 0.2) is 8.32 Å². The van der Waals surface area contributed by atoms with E-state index in [1.54, 1.807) is 12.1 Å². The number of unbranched alkanes of at least 4 members (excludes halogenated alkanes) is 1. The van der Waals surface area contributed by atoms with Gasteiger partial charge >= 0.3 is 6.09 Å². The summed E-state index contributed by atoms with van der Waals surface area (Å²) in [6.07, 6.45) is 1.21. The summed E-state index contributed by atoms with van der Waals surface area (Å²) in [6, 6.07) is 28.7. The van der Waals surface area contributed by atoms with Crippen LogP contribution in [0.5, 0.6) is 5.75 Å². The number of carbonyl (C=O) groups is 1. The molecule has 12 heteroatoms. The second-order valence-corrected chi connectivity index (χ2v) is 19.8. The maximum Gasteiger partial charge on any atom is 0.409 e. The first-order chi connectivity index (χ1) is 25.3. The van der Waals surface area contributed by atoms with Crippen molar-refractivity contribution < 1.29 is 19.4 Å². The van der Waals surface area contributed by atoms with Gasteiger partial charge in [0.2, 0.25) is 5.56 Å². The minimum atomic E-state index is -2.20. The average Bonchev–Trinajstić information content (AvgIpc) is 3.52. The van der Waals surface area contributed by atoms with Crippen molar-refractivity contribution in [2.75, 3.05) is 11.9 Å². The molecule has 5 N–H and O–H groups in total. The summed E-state index contributed by atoms with van der Waals surface area (Å²) in [5.41, 5.74) is 7.38. The molecule has 0 bridgehead atoms. The Morgan fingerprint density at radius 3 is 2.49 bits per heavy atom. The Labute approximate surface area is 310 Å². The number of phenols is 1. The molecule has 0 spiro atoms. The molecule has 0 saturated carbocycles. The zero-order valence-corrected chi connectivity index (χ0v) is 31.9. The number of aromatic hydroxyl groups is 1. The van der Waals surface area contributed by atoms with Crippen molar-refractivity contribution in [1.82, 2.24) is 25.3 Å². The molecule has 6 aromatic rings. The van der Waals surface area contributed by atoms with E-state index in [9.17, 15) is 19.8 Å². The van der Waals surface area contributed by atoms with Crippen LogP contribution in [0, 0.1) is 0 Å². The van der Waals surface area contributed by atoms with Crippen molar-refractivity contribution in [2.24, 2.45) is 0 Å². The Kier molecular flexibility index (Phi) is 11.1. The van der Waals surface area contributed by atoms with Crippen LogP contribution in [-0.2, 0) is 23.9 Å². The van der Waals surface area contributed by atoms with E-state index in [0.717, 1.165) is 70.0 Å². The zero-order chi connectivity index (χ0) is 37.8. The van der Waals surface area contributed by atoms with Crippen molar-refractivity contribution >= 4 is 42.0 Å². The van der Waals surface area contributed by atoms with Gasteiger partial charge in [0.25, 0.3) is 0 Å². The van der Waals surface area contributed by atoms with Crippen molar-refractivity contribution in [3.63, 3.8) is 0 Å². The number of aromatic amines is 1. The molecule has 0 saturated heterocycles. The SMILES string of the molecule is CC(C)(C)[Si](C)(C)O[C@@H](CNCc1ccc2c(c1)nnn2CCCCc1ccc(-c2ccccc2)c(NC(=O)O)c1)c1ccc(O)c2[nH]c(=O)ccc12. The average molecular weight is 733 g/mol. The second-order valence-electron chi connectivity index (χ2n) is 15.1. The zero-order valence-electron chi connectivity index (χ0n) is 30.9. The highest BCUT2D eigenvalue weighted by Gasteiger charge is 2.39. The number of carboxylic acid groups (broad SMARTS) is 1. The summed E-state index contributed by atoms with van der Waals surface area (Å²) < 4.78 is 8.88. The summed E-state index contributed by atoms with van der Waals surface area (Å²) in [4.78, 5) is 26.4. The number of benzene rings is 4. The van der Waals surface area contributed by atoms with E-state index in [1.807, 2.05) is 53.2 Å². The molecular formula is C41H48N6O5Si. The summed E-state index contributed by atoms with van der Waals surface area (Å²) in [6.45, 7) is 12.9. The fourth-order valence-electron chi connectivity index (χ4n) is 6.35. The molecule has 2 heterocycles. The molecule has 1 atom stereocenters. The summed E-state index contributed by atoms with van der Waals surface area (Å²) in [5.74, 6) is 0.0276. The number of nitrogens with one attached hydrogen (secondary N) is 3. The van der Waals surface area contributed by atoms with Gasteiger partial charge in [-0.3, -0.25) is 10.1 Å². The number of H-pyrrole nitrogens is 1. The summed E-state index contributed by atoms with van der Waals surface area (Å²) in [7, 11) is -2.20. The minimum Gasteiger partial charge on any atom is -0.506 e. The highest BCUT2D eigenvalue weighted by Crippen LogP contribution is 2.41. The van der Waals surface area contributed by atoms with Crippen LogP contribution in [0.2, 0.25) is 18.1 Å². The topological polar surface area (TPSA) is 154 Å². The number of aryl methyl sites for hydroxylation is 2. The molecule has 4 aromatic carbocycles. The minimum absolute atomic E-state index is 0.0136. The largest absolute Gasteiger partial charge is 0.506 e. The standard InChI is InChI=1S/C41H48N6O5Si/c1-41(2,3)53(4,5)52-37(31-17-20-36(48)39-32(31)18-21-38(49)44-39)26-42-25-28-15-19-35-34(24-28)45-46-47(35)22-10-9-11-27-14-16-30(29-12-7-6-8-13-29)33(23-27)43-40(50)51/h6-8,12-21,23-24,37,42-43,48H,9-11,22,25-26H2,1-5H3,(H,44,49)(H,50,51)/t37-/m0/s1. The molecule has 53 heavy (non-hydrogen) atoms. The summed E-state index contributed by atoms with van der Waals surface area (Å²) >= 11 is 0. The molecule has 0 aliphatic rings. The normalized spacial score (nSPS) is 12.7. The molecule has 276 valence electrons. The van der Waals surface area contributed by atoms with Crippen LogP contribution < -0.4 is 16.2 Å². The third-order valence-corrected chi connectivity index (χ3v) is 14.7. The quantitative estimate of drug-likeness (QED) is 0.0551. The molecule has 6 rings (SSSR count). The molecule has 0 aliphatic carbocycles. The molecule has 0 aliphatic heterocycles. The van der Waals surface area contributed by atoms with Crippen LogP contribution in [0.25, 0.3) is 33.1 Å². The van der Waals surface area contributed by atoms with Crippen LogP contribution in [0.4, 0.5) is 10.5 Å². The molecule has 2 aromatic heterocycles. The third kappa shape index (κ3) is 8.85. The van der Waals surface area contributed by atoms with Gasteiger partial charge in [-0.15, -0.1) is 5.10 Å². The van der Waals surface area contributed by atoms with Crippen LogP contribution in [0.3, 0.4) is 0 Å². The lowest BCUT2D eigenvalue weighted by molar-refractivity contribution is 0.181. The maximum absolute atomic E-state index is 12.1. The molecule has 0 unspecified atom stereocenters. The lowest BCUT2D eigenvalue weighted by atomic mass is 9.99. The Morgan fingerprint density at radius 2 is 1.74 bits per heavy atom. The van der Waals surface area contributed by atoms with Crippen molar-refractivity contribution in [3.8, 4) is 16.9 Å². The molecule has 1 amide bonds. The van der Waals surface area contributed by atoms with E-state index in [4.69, 9.17) is 4.43 Å². The van der Waals surface area contributed by atoms with Crippen LogP contribution in [0.1, 0.15) is 56.4 Å². The van der Waals surface area contributed by atoms with Gasteiger partial charge in [0.1, 0.15) is 11.3 Å². The van der Waals surface area contributed by atoms with E-state index in [2.05, 4.69) is 84.1 Å². The number of rotatable bonds is 14. The highest BCUT2D eigenvalue weighted by atomic mass is 28.4. The van der Waals surface area contributed by atoms with E-state index in [-0.39, 0.29) is 22.5 Å². The van der Waals surface area contributed by atoms with Gasteiger partial charge in [0, 0.05) is 36.7 Å². The van der Waals surface area contributed by atoms with Crippen LogP contribution in [-0.4, -0.2) is 51.1 Å². The van der Waals surface area contributed by atoms with Crippen molar-refractivity contribution in [1.29, 1.82) is 0 Å². The first kappa shape index (κ1) is 37.5. The smallest absolute Gasteiger partial charge is 0.409 e. The molecular weight excluding hydrogens is 685 g/mol. The fraction of sp³-hybridized carbons (Fsp3) is 0.317. The van der Waals surface area contributed by atoms with Crippen LogP contribution >= 0.6 is 0 Å². The Bertz CT molecular complexity index is 2280. The Hall–Kier alpha value is -5.30. The van der Waals surface area contributed by atoms with Gasteiger partial charge in [-0.1, -0.05) is 80.6 Å². The van der Waals surface area contributed by atoms with Gasteiger partial charge in [0.05, 0.1) is 22.8 Å². The number of anilines is 1. The first-order valence-electron chi connectivity index (χ1n) is 18.0. The predicted octanol–water partition coefficient (Wildman–Crippen LogP) is 8.61. The maximum atomic E-state index is 12.1. The van der Waals surface area contributed by atoms with E-state index in [0.29, 0.717) is 24.3 Å². The number of nitrogens with zero attached hydrogens (tertiary/aromatic N) is 3. The fourth-order valence-corrected chi connectivity index (χ4v) is 7.63. The lowest BCUT2D eigenvalue weighted by Gasteiger charge is -2.39. The third-order valence-electron chi connectivity index (χ3n) is 10.2. The van der Waals surface area contributed by atoms with E-state index in [1.165, 1.54) is 6.07 Å². The van der Waals surface area contributed by atoms with Crippen molar-refractivity contribution in [3.05, 3.63) is 118 Å². The number of amides is 1. The van der Waals surface area contributed by atoms with Gasteiger partial charge in [-0.2, -0.15) is 0 Å². The Balaban J connectivity index is 1.09. The number of hydrogen-bond donors (Lipinski definition) is 5. The number of phenolic OH excluding ortho intramolecular Hbond substituents is 1. The first-order valence-corrected chi connectivity index (χ1v) is 20.9. The van der Waals surface area contributed by atoms with E-state index < -0.39 is 14.4 Å². The second kappa shape index (κ2) is 15.7. The monoisotopic (exact) mass is 732 g/mol. The molecule has 0 radical (unpaired) electrons. The summed E-state index contributed by atoms with van der Waals surface area (Å²) in [5, 5.41) is 35.7.